The molecule has 0 aliphatic carbocycles. The second-order valence-corrected chi connectivity index (χ2v) is 6.19. The van der Waals surface area contributed by atoms with Crippen LogP contribution in [0.4, 0.5) is 0 Å². The smallest absolute Gasteiger partial charge is 0.0261 e. The van der Waals surface area contributed by atoms with Gasteiger partial charge in [-0.1, -0.05) is 30.3 Å². The molecule has 110 valence electrons. The Balaban J connectivity index is 1.60. The van der Waals surface area contributed by atoms with Gasteiger partial charge in [0.1, 0.15) is 0 Å². The van der Waals surface area contributed by atoms with Crippen LogP contribution in [0.2, 0.25) is 0 Å². The maximum atomic E-state index is 3.51. The van der Waals surface area contributed by atoms with Crippen molar-refractivity contribution >= 4 is 0 Å². The van der Waals surface area contributed by atoms with Gasteiger partial charge in [0, 0.05) is 38.3 Å². The fraction of sp³-hybridized carbons (Fsp3) is 0.647. The van der Waals surface area contributed by atoms with Crippen LogP contribution < -0.4 is 5.32 Å². The highest BCUT2D eigenvalue weighted by molar-refractivity contribution is 5.15. The van der Waals surface area contributed by atoms with Crippen LogP contribution >= 0.6 is 0 Å². The monoisotopic (exact) mass is 273 g/mol. The molecule has 0 bridgehead atoms. The summed E-state index contributed by atoms with van der Waals surface area (Å²) in [6, 6.07) is 12.3. The Hall–Kier alpha value is -0.900. The van der Waals surface area contributed by atoms with Crippen molar-refractivity contribution in [2.24, 2.45) is 0 Å². The molecule has 2 saturated heterocycles. The maximum Gasteiger partial charge on any atom is 0.0261 e. The largest absolute Gasteiger partial charge is 0.315 e. The van der Waals surface area contributed by atoms with Crippen molar-refractivity contribution in [3.8, 4) is 0 Å². The predicted molar refractivity (Wildman–Crippen MR) is 83.8 cm³/mol. The van der Waals surface area contributed by atoms with Crippen LogP contribution in [0.15, 0.2) is 30.3 Å². The lowest BCUT2D eigenvalue weighted by Gasteiger charge is -2.32. The summed E-state index contributed by atoms with van der Waals surface area (Å²) in [5, 5.41) is 3.51. The Labute approximate surface area is 123 Å². The quantitative estimate of drug-likeness (QED) is 0.908. The summed E-state index contributed by atoms with van der Waals surface area (Å²) in [4.78, 5) is 5.37. The minimum absolute atomic E-state index is 0.674. The topological polar surface area (TPSA) is 18.5 Å². The Bertz CT molecular complexity index is 398. The van der Waals surface area contributed by atoms with Crippen LogP contribution in [0.3, 0.4) is 0 Å². The number of hydrogen-bond donors (Lipinski definition) is 1. The van der Waals surface area contributed by atoms with Crippen molar-refractivity contribution in [3.63, 3.8) is 0 Å². The molecule has 0 spiro atoms. The first kappa shape index (κ1) is 14.1. The summed E-state index contributed by atoms with van der Waals surface area (Å²) in [6.45, 7) is 9.58. The molecule has 2 aliphatic heterocycles. The normalized spacial score (nSPS) is 29.4. The Morgan fingerprint density at radius 3 is 2.80 bits per heavy atom. The zero-order valence-corrected chi connectivity index (χ0v) is 12.6. The number of nitrogens with zero attached hydrogens (tertiary/aromatic N) is 2. The van der Waals surface area contributed by atoms with Gasteiger partial charge in [-0.25, -0.2) is 0 Å². The van der Waals surface area contributed by atoms with E-state index in [0.29, 0.717) is 6.04 Å². The summed E-state index contributed by atoms with van der Waals surface area (Å²) >= 11 is 0. The van der Waals surface area contributed by atoms with Gasteiger partial charge in [0.15, 0.2) is 0 Å². The zero-order chi connectivity index (χ0) is 13.8. The highest BCUT2D eigenvalue weighted by Gasteiger charge is 2.34. The molecule has 1 aromatic carbocycles. The lowest BCUT2D eigenvalue weighted by molar-refractivity contribution is 0.153. The van der Waals surface area contributed by atoms with Crippen LogP contribution in [-0.4, -0.2) is 54.6 Å². The molecule has 2 atom stereocenters. The minimum atomic E-state index is 0.674. The van der Waals surface area contributed by atoms with Crippen molar-refractivity contribution in [2.75, 3.05) is 32.7 Å². The second kappa shape index (κ2) is 6.70. The fourth-order valence-electron chi connectivity index (χ4n) is 3.71. The maximum absolute atomic E-state index is 3.51. The molecular weight excluding hydrogens is 246 g/mol. The average Bonchev–Trinajstić information content (AvgIpc) is 2.70. The highest BCUT2D eigenvalue weighted by atomic mass is 15.3. The molecule has 0 radical (unpaired) electrons. The molecule has 1 N–H and O–H groups in total. The molecule has 3 rings (SSSR count). The number of rotatable bonds is 3. The summed E-state index contributed by atoms with van der Waals surface area (Å²) in [5.74, 6) is 0. The summed E-state index contributed by atoms with van der Waals surface area (Å²) in [7, 11) is 0. The van der Waals surface area contributed by atoms with E-state index in [1.807, 2.05) is 0 Å². The third kappa shape index (κ3) is 3.22. The molecule has 2 aliphatic rings. The van der Waals surface area contributed by atoms with Gasteiger partial charge in [-0.2, -0.15) is 0 Å². The zero-order valence-electron chi connectivity index (χ0n) is 12.6. The molecular formula is C17H27N3. The van der Waals surface area contributed by atoms with Crippen LogP contribution in [0.5, 0.6) is 0 Å². The number of likely N-dealkylation sites (tertiary alicyclic amines) is 1. The van der Waals surface area contributed by atoms with Crippen molar-refractivity contribution in [1.82, 2.24) is 15.1 Å². The highest BCUT2D eigenvalue weighted by Crippen LogP contribution is 2.25. The van der Waals surface area contributed by atoms with Gasteiger partial charge in [0.2, 0.25) is 0 Å². The van der Waals surface area contributed by atoms with E-state index in [1.54, 1.807) is 0 Å². The number of nitrogens with one attached hydrogen (secondary N) is 1. The van der Waals surface area contributed by atoms with Crippen molar-refractivity contribution in [2.45, 2.75) is 38.4 Å². The standard InChI is InChI=1S/C17H27N3/c1-15-17(19-11-5-9-18-10-13-19)8-12-20(15)14-16-6-3-2-4-7-16/h2-4,6-7,15,17-18H,5,8-14H2,1H3. The Kier molecular flexibility index (Phi) is 4.71. The molecule has 3 heteroatoms. The number of benzene rings is 1. The molecule has 2 unspecified atom stereocenters. The second-order valence-electron chi connectivity index (χ2n) is 6.19. The average molecular weight is 273 g/mol. The molecule has 0 amide bonds. The van der Waals surface area contributed by atoms with E-state index < -0.39 is 0 Å². The molecule has 1 aromatic rings. The van der Waals surface area contributed by atoms with Gasteiger partial charge in [-0.05, 0) is 38.4 Å². The molecule has 0 aromatic heterocycles. The molecule has 2 heterocycles. The lowest BCUT2D eigenvalue weighted by atomic mass is 10.1. The van der Waals surface area contributed by atoms with E-state index in [4.69, 9.17) is 0 Å². The van der Waals surface area contributed by atoms with E-state index >= 15 is 0 Å². The van der Waals surface area contributed by atoms with Crippen molar-refractivity contribution in [3.05, 3.63) is 35.9 Å². The SMILES string of the molecule is CC1C(N2CCCNCC2)CCN1Cc1ccccc1. The summed E-state index contributed by atoms with van der Waals surface area (Å²) in [6.07, 6.45) is 2.62. The predicted octanol–water partition coefficient (Wildman–Crippen LogP) is 1.94. The van der Waals surface area contributed by atoms with Crippen LogP contribution in [0, 0.1) is 0 Å². The van der Waals surface area contributed by atoms with Crippen molar-refractivity contribution in [1.29, 1.82) is 0 Å². The van der Waals surface area contributed by atoms with Gasteiger partial charge in [-0.15, -0.1) is 0 Å². The first-order chi connectivity index (χ1) is 9.84. The van der Waals surface area contributed by atoms with Crippen molar-refractivity contribution < 1.29 is 0 Å². The van der Waals surface area contributed by atoms with Gasteiger partial charge >= 0.3 is 0 Å². The van der Waals surface area contributed by atoms with Gasteiger partial charge in [0.25, 0.3) is 0 Å². The Morgan fingerprint density at radius 1 is 1.10 bits per heavy atom. The van der Waals surface area contributed by atoms with E-state index in [-0.39, 0.29) is 0 Å². The number of hydrogen-bond acceptors (Lipinski definition) is 3. The van der Waals surface area contributed by atoms with Crippen LogP contribution in [0.1, 0.15) is 25.3 Å². The lowest BCUT2D eigenvalue weighted by Crippen LogP contribution is -2.44. The fourth-order valence-corrected chi connectivity index (χ4v) is 3.71. The molecule has 3 nitrogen and oxygen atoms in total. The summed E-state index contributed by atoms with van der Waals surface area (Å²) < 4.78 is 0. The first-order valence-corrected chi connectivity index (χ1v) is 8.07. The van der Waals surface area contributed by atoms with Crippen LogP contribution in [-0.2, 0) is 6.54 Å². The molecule has 0 saturated carbocycles. The molecule has 20 heavy (non-hydrogen) atoms. The molecule has 2 fully saturated rings. The van der Waals surface area contributed by atoms with E-state index in [0.717, 1.165) is 19.1 Å². The third-order valence-electron chi connectivity index (χ3n) is 4.92. The Morgan fingerprint density at radius 2 is 1.95 bits per heavy atom. The van der Waals surface area contributed by atoms with Gasteiger partial charge < -0.3 is 5.32 Å². The van der Waals surface area contributed by atoms with Crippen LogP contribution in [0.25, 0.3) is 0 Å². The van der Waals surface area contributed by atoms with E-state index in [9.17, 15) is 0 Å². The first-order valence-electron chi connectivity index (χ1n) is 8.07. The minimum Gasteiger partial charge on any atom is -0.315 e. The van der Waals surface area contributed by atoms with Gasteiger partial charge in [-0.3, -0.25) is 9.80 Å². The third-order valence-corrected chi connectivity index (χ3v) is 4.92. The summed E-state index contributed by atoms with van der Waals surface area (Å²) in [5.41, 5.74) is 1.44. The van der Waals surface area contributed by atoms with E-state index in [1.165, 1.54) is 44.6 Å². The van der Waals surface area contributed by atoms with E-state index in [2.05, 4.69) is 52.4 Å². The van der Waals surface area contributed by atoms with Gasteiger partial charge in [0.05, 0.1) is 0 Å².